The van der Waals surface area contributed by atoms with E-state index in [0.717, 1.165) is 0 Å². The normalized spacial score (nSPS) is 10.3. The van der Waals surface area contributed by atoms with Crippen molar-refractivity contribution in [2.45, 2.75) is 6.92 Å². The summed E-state index contributed by atoms with van der Waals surface area (Å²) in [7, 11) is 1.53. The van der Waals surface area contributed by atoms with E-state index in [-0.39, 0.29) is 19.2 Å². The first-order valence-electron chi connectivity index (χ1n) is 5.98. The highest BCUT2D eigenvalue weighted by Gasteiger charge is 2.08. The number of carbonyl (C=O) groups excluding carboxylic acids is 1. The number of carbonyl (C=O) groups is 1. The lowest BCUT2D eigenvalue weighted by molar-refractivity contribution is -0.141. The Morgan fingerprint density at radius 1 is 1.25 bits per heavy atom. The monoisotopic (exact) mass is 278 g/mol. The fourth-order valence-electron chi connectivity index (χ4n) is 1.70. The fraction of sp³-hybridized carbons (Fsp3) is 0.286. The molecule has 2 aromatic rings. The van der Waals surface area contributed by atoms with Gasteiger partial charge in [0.2, 0.25) is 0 Å². The molecule has 1 aromatic heterocycles. The van der Waals surface area contributed by atoms with Gasteiger partial charge in [-0.05, 0) is 12.1 Å². The fourth-order valence-corrected chi connectivity index (χ4v) is 1.70. The zero-order valence-electron chi connectivity index (χ0n) is 11.2. The Morgan fingerprint density at radius 3 is 2.75 bits per heavy atom. The molecule has 0 spiro atoms. The van der Waals surface area contributed by atoms with Crippen LogP contribution in [0.2, 0.25) is 0 Å². The molecule has 0 atom stereocenters. The maximum absolute atomic E-state index is 11.5. The molecular weight excluding hydrogens is 264 g/mol. The minimum absolute atomic E-state index is 0.118. The second-order valence-corrected chi connectivity index (χ2v) is 3.98. The molecule has 106 valence electrons. The van der Waals surface area contributed by atoms with Gasteiger partial charge in [-0.1, -0.05) is 0 Å². The SMILES string of the molecule is COc1ccc2c(OCCOC(C)=O)cc(=O)oc2c1. The molecule has 0 unspecified atom stereocenters. The van der Waals surface area contributed by atoms with Gasteiger partial charge in [-0.3, -0.25) is 4.79 Å². The molecule has 0 fully saturated rings. The lowest BCUT2D eigenvalue weighted by Crippen LogP contribution is -2.10. The summed E-state index contributed by atoms with van der Waals surface area (Å²) in [4.78, 5) is 22.1. The van der Waals surface area contributed by atoms with Gasteiger partial charge in [0.05, 0.1) is 18.6 Å². The molecule has 20 heavy (non-hydrogen) atoms. The van der Waals surface area contributed by atoms with E-state index < -0.39 is 5.63 Å². The highest BCUT2D eigenvalue weighted by Crippen LogP contribution is 2.27. The summed E-state index contributed by atoms with van der Waals surface area (Å²) in [6.45, 7) is 1.59. The first-order valence-corrected chi connectivity index (χ1v) is 5.98. The summed E-state index contributed by atoms with van der Waals surface area (Å²) in [5.41, 5.74) is -0.146. The molecule has 0 amide bonds. The van der Waals surface area contributed by atoms with Crippen LogP contribution in [0.1, 0.15) is 6.92 Å². The number of fused-ring (bicyclic) bond motifs is 1. The largest absolute Gasteiger partial charge is 0.497 e. The maximum atomic E-state index is 11.5. The molecule has 2 rings (SSSR count). The van der Waals surface area contributed by atoms with Crippen LogP contribution in [0, 0.1) is 0 Å². The first-order chi connectivity index (χ1) is 9.60. The molecule has 6 nitrogen and oxygen atoms in total. The Balaban J connectivity index is 2.23. The second-order valence-electron chi connectivity index (χ2n) is 3.98. The van der Waals surface area contributed by atoms with E-state index in [1.807, 2.05) is 0 Å². The van der Waals surface area contributed by atoms with Crippen molar-refractivity contribution in [3.63, 3.8) is 0 Å². The van der Waals surface area contributed by atoms with Crippen molar-refractivity contribution >= 4 is 16.9 Å². The topological polar surface area (TPSA) is 75.0 Å². The van der Waals surface area contributed by atoms with Crippen LogP contribution in [0.5, 0.6) is 11.5 Å². The van der Waals surface area contributed by atoms with Crippen LogP contribution in [0.15, 0.2) is 33.5 Å². The average Bonchev–Trinajstić information content (AvgIpc) is 2.42. The predicted octanol–water partition coefficient (Wildman–Crippen LogP) is 1.74. The molecule has 0 bridgehead atoms. The van der Waals surface area contributed by atoms with Crippen LogP contribution in [0.3, 0.4) is 0 Å². The summed E-state index contributed by atoms with van der Waals surface area (Å²) in [5.74, 6) is 0.583. The van der Waals surface area contributed by atoms with Crippen molar-refractivity contribution < 1.29 is 23.4 Å². The molecule has 1 aromatic carbocycles. The Hall–Kier alpha value is -2.50. The van der Waals surface area contributed by atoms with Crippen LogP contribution >= 0.6 is 0 Å². The first kappa shape index (κ1) is 13.9. The third-order valence-electron chi connectivity index (χ3n) is 2.56. The zero-order valence-corrected chi connectivity index (χ0v) is 11.2. The number of methoxy groups -OCH3 is 1. The Kier molecular flexibility index (Phi) is 4.24. The highest BCUT2D eigenvalue weighted by atomic mass is 16.6. The van der Waals surface area contributed by atoms with E-state index in [9.17, 15) is 9.59 Å². The molecule has 0 aliphatic rings. The van der Waals surface area contributed by atoms with E-state index in [4.69, 9.17) is 18.6 Å². The van der Waals surface area contributed by atoms with Crippen molar-refractivity contribution in [2.24, 2.45) is 0 Å². The third kappa shape index (κ3) is 3.28. The summed E-state index contributed by atoms with van der Waals surface area (Å²) in [6.07, 6.45) is 0. The van der Waals surface area contributed by atoms with Crippen LogP contribution in [0.25, 0.3) is 11.0 Å². The number of esters is 1. The van der Waals surface area contributed by atoms with Gasteiger partial charge >= 0.3 is 11.6 Å². The van der Waals surface area contributed by atoms with Gasteiger partial charge < -0.3 is 18.6 Å². The van der Waals surface area contributed by atoms with Gasteiger partial charge in [-0.25, -0.2) is 4.79 Å². The Morgan fingerprint density at radius 2 is 2.05 bits per heavy atom. The maximum Gasteiger partial charge on any atom is 0.339 e. The second kappa shape index (κ2) is 6.10. The van der Waals surface area contributed by atoms with E-state index in [2.05, 4.69) is 0 Å². The van der Waals surface area contributed by atoms with Crippen molar-refractivity contribution in [1.29, 1.82) is 0 Å². The third-order valence-corrected chi connectivity index (χ3v) is 2.56. The van der Waals surface area contributed by atoms with Gasteiger partial charge in [0, 0.05) is 13.0 Å². The lowest BCUT2D eigenvalue weighted by Gasteiger charge is -2.09. The number of rotatable bonds is 5. The van der Waals surface area contributed by atoms with Crippen LogP contribution in [0.4, 0.5) is 0 Å². The average molecular weight is 278 g/mol. The Bertz CT molecular complexity index is 673. The van der Waals surface area contributed by atoms with Crippen LogP contribution < -0.4 is 15.1 Å². The Labute approximate surface area is 114 Å². The van der Waals surface area contributed by atoms with Gasteiger partial charge in [-0.15, -0.1) is 0 Å². The molecule has 0 saturated carbocycles. The molecule has 0 radical (unpaired) electrons. The van der Waals surface area contributed by atoms with E-state index in [0.29, 0.717) is 22.5 Å². The number of ether oxygens (including phenoxy) is 3. The number of hydrogen-bond acceptors (Lipinski definition) is 6. The molecule has 6 heteroatoms. The van der Waals surface area contributed by atoms with E-state index in [1.165, 1.54) is 20.1 Å². The number of hydrogen-bond donors (Lipinski definition) is 0. The summed E-state index contributed by atoms with van der Waals surface area (Å²) in [5, 5.41) is 0.647. The quantitative estimate of drug-likeness (QED) is 0.471. The zero-order chi connectivity index (χ0) is 14.5. The predicted molar refractivity (Wildman–Crippen MR) is 71.2 cm³/mol. The van der Waals surface area contributed by atoms with Gasteiger partial charge in [0.15, 0.2) is 0 Å². The lowest BCUT2D eigenvalue weighted by atomic mass is 10.2. The van der Waals surface area contributed by atoms with Crippen molar-refractivity contribution in [2.75, 3.05) is 20.3 Å². The van der Waals surface area contributed by atoms with Crippen molar-refractivity contribution in [1.82, 2.24) is 0 Å². The molecular formula is C14H14O6. The summed E-state index contributed by atoms with van der Waals surface area (Å²) >= 11 is 0. The van der Waals surface area contributed by atoms with Crippen LogP contribution in [-0.4, -0.2) is 26.3 Å². The van der Waals surface area contributed by atoms with Gasteiger partial charge in [-0.2, -0.15) is 0 Å². The molecule has 0 N–H and O–H groups in total. The smallest absolute Gasteiger partial charge is 0.339 e. The summed E-state index contributed by atoms with van der Waals surface area (Å²) < 4.78 is 20.4. The van der Waals surface area contributed by atoms with Gasteiger partial charge in [0.25, 0.3) is 0 Å². The minimum Gasteiger partial charge on any atom is -0.497 e. The number of benzene rings is 1. The van der Waals surface area contributed by atoms with Crippen molar-refractivity contribution in [3.8, 4) is 11.5 Å². The molecule has 0 aliphatic carbocycles. The minimum atomic E-state index is -0.520. The molecule has 1 heterocycles. The van der Waals surface area contributed by atoms with Crippen LogP contribution in [-0.2, 0) is 9.53 Å². The van der Waals surface area contributed by atoms with E-state index >= 15 is 0 Å². The highest BCUT2D eigenvalue weighted by molar-refractivity contribution is 5.84. The summed E-state index contributed by atoms with van der Waals surface area (Å²) in [6, 6.07) is 6.33. The van der Waals surface area contributed by atoms with Crippen molar-refractivity contribution in [3.05, 3.63) is 34.7 Å². The molecule has 0 saturated heterocycles. The van der Waals surface area contributed by atoms with Gasteiger partial charge in [0.1, 0.15) is 30.3 Å². The van der Waals surface area contributed by atoms with E-state index in [1.54, 1.807) is 18.2 Å². The standard InChI is InChI=1S/C14H14O6/c1-9(15)18-5-6-19-12-8-14(16)20-13-7-10(17-2)3-4-11(12)13/h3-4,7-8H,5-6H2,1-2H3. The molecule has 0 aliphatic heterocycles.